The average Bonchev–Trinajstić information content (AvgIpc) is 2.63. The molecule has 1 atom stereocenters. The second-order valence-corrected chi connectivity index (χ2v) is 7.47. The standard InChI is InChI=1S/C20H29ClN2O2/c1-3-14(2)23-20(25)17-8-6-16(7-9-17)19(24)22-13-12-15-4-10-18(21)11-5-15/h4-5,10-11,14,16-17H,3,6-9,12-13H2,1-2H3,(H,22,24)(H,23,25). The highest BCUT2D eigenvalue weighted by molar-refractivity contribution is 6.30. The first-order valence-electron chi connectivity index (χ1n) is 9.32. The van der Waals surface area contributed by atoms with E-state index in [1.54, 1.807) is 0 Å². The minimum absolute atomic E-state index is 0.0397. The van der Waals surface area contributed by atoms with Gasteiger partial charge in [0.1, 0.15) is 0 Å². The zero-order chi connectivity index (χ0) is 18.2. The summed E-state index contributed by atoms with van der Waals surface area (Å²) in [6, 6.07) is 7.92. The van der Waals surface area contributed by atoms with E-state index in [0.717, 1.165) is 49.1 Å². The molecule has 1 fully saturated rings. The molecule has 2 N–H and O–H groups in total. The average molecular weight is 365 g/mol. The Hall–Kier alpha value is -1.55. The van der Waals surface area contributed by atoms with Crippen LogP contribution in [0, 0.1) is 11.8 Å². The number of hydrogen-bond acceptors (Lipinski definition) is 2. The first-order valence-corrected chi connectivity index (χ1v) is 9.70. The van der Waals surface area contributed by atoms with Gasteiger partial charge in [0, 0.05) is 29.4 Å². The Morgan fingerprint density at radius 2 is 1.64 bits per heavy atom. The van der Waals surface area contributed by atoms with Gasteiger partial charge in [0.15, 0.2) is 0 Å². The minimum Gasteiger partial charge on any atom is -0.356 e. The van der Waals surface area contributed by atoms with Crippen molar-refractivity contribution in [2.24, 2.45) is 11.8 Å². The van der Waals surface area contributed by atoms with Gasteiger partial charge in [-0.25, -0.2) is 0 Å². The lowest BCUT2D eigenvalue weighted by atomic mass is 9.81. The van der Waals surface area contributed by atoms with Gasteiger partial charge < -0.3 is 10.6 Å². The number of nitrogens with one attached hydrogen (secondary N) is 2. The van der Waals surface area contributed by atoms with E-state index < -0.39 is 0 Å². The van der Waals surface area contributed by atoms with Crippen LogP contribution in [0.25, 0.3) is 0 Å². The van der Waals surface area contributed by atoms with E-state index in [-0.39, 0.29) is 29.7 Å². The summed E-state index contributed by atoms with van der Waals surface area (Å²) >= 11 is 5.87. The summed E-state index contributed by atoms with van der Waals surface area (Å²) in [5.41, 5.74) is 1.16. The van der Waals surface area contributed by atoms with Gasteiger partial charge in [-0.3, -0.25) is 9.59 Å². The number of carbonyl (C=O) groups excluding carboxylic acids is 2. The first-order chi connectivity index (χ1) is 12.0. The number of benzene rings is 1. The molecule has 1 aliphatic rings. The second-order valence-electron chi connectivity index (χ2n) is 7.03. The van der Waals surface area contributed by atoms with Crippen molar-refractivity contribution in [2.45, 2.75) is 58.4 Å². The lowest BCUT2D eigenvalue weighted by molar-refractivity contribution is -0.130. The summed E-state index contributed by atoms with van der Waals surface area (Å²) in [6.45, 7) is 4.72. The van der Waals surface area contributed by atoms with E-state index in [1.165, 1.54) is 0 Å². The summed E-state index contributed by atoms with van der Waals surface area (Å²) in [6.07, 6.45) is 4.94. The molecule has 1 aromatic rings. The van der Waals surface area contributed by atoms with Crippen LogP contribution in [0.2, 0.25) is 5.02 Å². The van der Waals surface area contributed by atoms with Crippen LogP contribution >= 0.6 is 11.6 Å². The number of hydrogen-bond donors (Lipinski definition) is 2. The molecule has 0 saturated heterocycles. The van der Waals surface area contributed by atoms with Crippen molar-refractivity contribution in [3.05, 3.63) is 34.9 Å². The number of carbonyl (C=O) groups is 2. The molecule has 5 heteroatoms. The van der Waals surface area contributed by atoms with Gasteiger partial charge >= 0.3 is 0 Å². The van der Waals surface area contributed by atoms with E-state index in [0.29, 0.717) is 6.54 Å². The van der Waals surface area contributed by atoms with Crippen LogP contribution in [0.1, 0.15) is 51.5 Å². The van der Waals surface area contributed by atoms with Crippen LogP contribution in [-0.4, -0.2) is 24.4 Å². The third kappa shape index (κ3) is 6.35. The van der Waals surface area contributed by atoms with Gasteiger partial charge in [-0.2, -0.15) is 0 Å². The van der Waals surface area contributed by atoms with Gasteiger partial charge in [0.2, 0.25) is 11.8 Å². The molecule has 0 bridgehead atoms. The smallest absolute Gasteiger partial charge is 0.223 e. The maximum Gasteiger partial charge on any atom is 0.223 e. The summed E-state index contributed by atoms with van der Waals surface area (Å²) in [5.74, 6) is 0.371. The van der Waals surface area contributed by atoms with Crippen molar-refractivity contribution < 1.29 is 9.59 Å². The topological polar surface area (TPSA) is 58.2 Å². The van der Waals surface area contributed by atoms with E-state index in [4.69, 9.17) is 11.6 Å². The molecule has 1 unspecified atom stereocenters. The zero-order valence-electron chi connectivity index (χ0n) is 15.2. The van der Waals surface area contributed by atoms with E-state index >= 15 is 0 Å². The number of rotatable bonds is 7. The monoisotopic (exact) mass is 364 g/mol. The number of halogens is 1. The predicted octanol–water partition coefficient (Wildman–Crippen LogP) is 3.72. The van der Waals surface area contributed by atoms with Gasteiger partial charge in [0.05, 0.1) is 0 Å². The van der Waals surface area contributed by atoms with Crippen molar-refractivity contribution in [2.75, 3.05) is 6.54 Å². The molecule has 1 aromatic carbocycles. The molecule has 4 nitrogen and oxygen atoms in total. The Bertz CT molecular complexity index is 566. The zero-order valence-corrected chi connectivity index (χ0v) is 15.9. The van der Waals surface area contributed by atoms with Crippen LogP contribution in [0.3, 0.4) is 0 Å². The summed E-state index contributed by atoms with van der Waals surface area (Å²) in [7, 11) is 0. The Kier molecular flexibility index (Phi) is 7.76. The van der Waals surface area contributed by atoms with Crippen molar-refractivity contribution in [1.29, 1.82) is 0 Å². The van der Waals surface area contributed by atoms with Crippen molar-refractivity contribution in [1.82, 2.24) is 10.6 Å². The molecule has 2 rings (SSSR count). The van der Waals surface area contributed by atoms with Gasteiger partial charge in [0.25, 0.3) is 0 Å². The van der Waals surface area contributed by atoms with Crippen LogP contribution in [0.5, 0.6) is 0 Å². The second kappa shape index (κ2) is 9.81. The quantitative estimate of drug-likeness (QED) is 0.774. The van der Waals surface area contributed by atoms with Crippen molar-refractivity contribution in [3.8, 4) is 0 Å². The fourth-order valence-corrected chi connectivity index (χ4v) is 3.33. The maximum absolute atomic E-state index is 12.3. The van der Waals surface area contributed by atoms with Crippen LogP contribution in [0.4, 0.5) is 0 Å². The highest BCUT2D eigenvalue weighted by Crippen LogP contribution is 2.29. The molecule has 1 aliphatic carbocycles. The van der Waals surface area contributed by atoms with Crippen molar-refractivity contribution in [3.63, 3.8) is 0 Å². The number of amides is 2. The molecule has 0 aromatic heterocycles. The molecular weight excluding hydrogens is 336 g/mol. The fourth-order valence-electron chi connectivity index (χ4n) is 3.21. The van der Waals surface area contributed by atoms with E-state index in [9.17, 15) is 9.59 Å². The minimum atomic E-state index is 0.0397. The Morgan fingerprint density at radius 1 is 1.08 bits per heavy atom. The largest absolute Gasteiger partial charge is 0.356 e. The fraction of sp³-hybridized carbons (Fsp3) is 0.600. The first kappa shape index (κ1) is 19.8. The van der Waals surface area contributed by atoms with Gasteiger partial charge in [-0.05, 0) is 63.1 Å². The van der Waals surface area contributed by atoms with E-state index in [1.807, 2.05) is 31.2 Å². The molecule has 25 heavy (non-hydrogen) atoms. The Balaban J connectivity index is 1.68. The molecule has 0 aliphatic heterocycles. The molecule has 0 spiro atoms. The normalized spacial score (nSPS) is 21.4. The summed E-state index contributed by atoms with van der Waals surface area (Å²) in [5, 5.41) is 6.80. The van der Waals surface area contributed by atoms with Gasteiger partial charge in [-0.15, -0.1) is 0 Å². The third-order valence-corrected chi connectivity index (χ3v) is 5.35. The van der Waals surface area contributed by atoms with Crippen molar-refractivity contribution >= 4 is 23.4 Å². The van der Waals surface area contributed by atoms with Crippen LogP contribution in [0.15, 0.2) is 24.3 Å². The Morgan fingerprint density at radius 3 is 2.20 bits per heavy atom. The summed E-state index contributed by atoms with van der Waals surface area (Å²) < 4.78 is 0. The maximum atomic E-state index is 12.3. The molecule has 138 valence electrons. The lowest BCUT2D eigenvalue weighted by Gasteiger charge is -2.28. The highest BCUT2D eigenvalue weighted by Gasteiger charge is 2.30. The Labute approximate surface area is 155 Å². The molecule has 2 amide bonds. The highest BCUT2D eigenvalue weighted by atomic mass is 35.5. The lowest BCUT2D eigenvalue weighted by Crippen LogP contribution is -2.40. The summed E-state index contributed by atoms with van der Waals surface area (Å²) in [4.78, 5) is 24.5. The molecule has 0 radical (unpaired) electrons. The van der Waals surface area contributed by atoms with Crippen LogP contribution < -0.4 is 10.6 Å². The van der Waals surface area contributed by atoms with Crippen LogP contribution in [-0.2, 0) is 16.0 Å². The van der Waals surface area contributed by atoms with Gasteiger partial charge in [-0.1, -0.05) is 30.7 Å². The van der Waals surface area contributed by atoms with E-state index in [2.05, 4.69) is 17.6 Å². The molecular formula is C20H29ClN2O2. The molecule has 1 saturated carbocycles. The third-order valence-electron chi connectivity index (χ3n) is 5.10. The predicted molar refractivity (Wildman–Crippen MR) is 102 cm³/mol. The SMILES string of the molecule is CCC(C)NC(=O)C1CCC(C(=O)NCCc2ccc(Cl)cc2)CC1. The molecule has 0 heterocycles.